The van der Waals surface area contributed by atoms with E-state index < -0.39 is 0 Å². The molecular formula is C13H27N3O. The number of nitrogens with one attached hydrogen (secondary N) is 1. The van der Waals surface area contributed by atoms with Crippen LogP contribution in [0.15, 0.2) is 5.16 Å². The van der Waals surface area contributed by atoms with Gasteiger partial charge in [0.25, 0.3) is 0 Å². The fourth-order valence-corrected chi connectivity index (χ4v) is 3.00. The number of hydrogen-bond donors (Lipinski definition) is 3. The van der Waals surface area contributed by atoms with Crippen molar-refractivity contribution in [1.82, 2.24) is 5.32 Å². The smallest absolute Gasteiger partial charge is 0.156 e. The predicted octanol–water partition coefficient (Wildman–Crippen LogP) is 2.32. The van der Waals surface area contributed by atoms with E-state index in [1.807, 2.05) is 6.92 Å². The first-order valence-electron chi connectivity index (χ1n) is 6.70. The fourth-order valence-electron chi connectivity index (χ4n) is 3.00. The van der Waals surface area contributed by atoms with Crippen LogP contribution in [0.5, 0.6) is 0 Å². The van der Waals surface area contributed by atoms with Crippen molar-refractivity contribution < 1.29 is 5.21 Å². The van der Waals surface area contributed by atoms with Crippen LogP contribution in [-0.2, 0) is 0 Å². The van der Waals surface area contributed by atoms with E-state index in [4.69, 9.17) is 10.9 Å². The Kier molecular flexibility index (Phi) is 5.25. The highest BCUT2D eigenvalue weighted by Gasteiger charge is 2.34. The molecule has 0 aliphatic heterocycles. The molecule has 100 valence electrons. The molecule has 0 aromatic rings. The molecule has 0 radical (unpaired) electrons. The molecule has 4 nitrogen and oxygen atoms in total. The van der Waals surface area contributed by atoms with Gasteiger partial charge >= 0.3 is 0 Å². The van der Waals surface area contributed by atoms with Gasteiger partial charge in [0.2, 0.25) is 0 Å². The van der Waals surface area contributed by atoms with Crippen molar-refractivity contribution in [2.45, 2.75) is 58.9 Å². The van der Waals surface area contributed by atoms with E-state index in [9.17, 15) is 0 Å². The lowest BCUT2D eigenvalue weighted by Gasteiger charge is -2.32. The molecule has 0 aromatic carbocycles. The monoisotopic (exact) mass is 241 g/mol. The van der Waals surface area contributed by atoms with Gasteiger partial charge in [-0.1, -0.05) is 31.8 Å². The lowest BCUT2D eigenvalue weighted by Crippen LogP contribution is -2.44. The topological polar surface area (TPSA) is 70.6 Å². The van der Waals surface area contributed by atoms with Crippen LogP contribution in [0.2, 0.25) is 0 Å². The summed E-state index contributed by atoms with van der Waals surface area (Å²) >= 11 is 0. The number of rotatable bonds is 6. The second-order valence-corrected chi connectivity index (χ2v) is 5.93. The molecule has 17 heavy (non-hydrogen) atoms. The Balaban J connectivity index is 2.50. The Morgan fingerprint density at radius 2 is 1.94 bits per heavy atom. The third-order valence-electron chi connectivity index (χ3n) is 3.85. The Bertz CT molecular complexity index is 257. The zero-order chi connectivity index (χ0) is 12.9. The average molecular weight is 241 g/mol. The molecule has 0 aromatic heterocycles. The van der Waals surface area contributed by atoms with Gasteiger partial charge in [-0.2, -0.15) is 0 Å². The third kappa shape index (κ3) is 4.19. The fraction of sp³-hybridized carbons (Fsp3) is 0.923. The van der Waals surface area contributed by atoms with Gasteiger partial charge in [-0.3, -0.25) is 0 Å². The number of oxime groups is 1. The Hall–Kier alpha value is -0.770. The number of amidine groups is 1. The highest BCUT2D eigenvalue weighted by atomic mass is 16.4. The number of hydrogen-bond acceptors (Lipinski definition) is 3. The van der Waals surface area contributed by atoms with Gasteiger partial charge in [-0.25, -0.2) is 0 Å². The number of nitrogens with two attached hydrogens (primary N) is 1. The molecule has 0 heterocycles. The molecule has 1 aliphatic carbocycles. The normalized spacial score (nSPS) is 22.0. The summed E-state index contributed by atoms with van der Waals surface area (Å²) in [5, 5.41) is 15.1. The van der Waals surface area contributed by atoms with Crippen molar-refractivity contribution in [3.8, 4) is 0 Å². The molecule has 1 aliphatic rings. The maximum atomic E-state index is 8.63. The SMILES string of the molecule is CC(C)CC1(CNC(C)C(N)=NO)CCCC1. The van der Waals surface area contributed by atoms with Crippen molar-refractivity contribution in [2.75, 3.05) is 6.54 Å². The summed E-state index contributed by atoms with van der Waals surface area (Å²) in [6.07, 6.45) is 6.56. The molecule has 0 saturated heterocycles. The highest BCUT2D eigenvalue weighted by molar-refractivity contribution is 5.84. The maximum absolute atomic E-state index is 8.63. The van der Waals surface area contributed by atoms with Crippen LogP contribution in [0.4, 0.5) is 0 Å². The minimum atomic E-state index is -0.0513. The van der Waals surface area contributed by atoms with Crippen molar-refractivity contribution in [2.24, 2.45) is 22.2 Å². The maximum Gasteiger partial charge on any atom is 0.156 e. The van der Waals surface area contributed by atoms with E-state index in [0.717, 1.165) is 12.5 Å². The molecule has 1 unspecified atom stereocenters. The van der Waals surface area contributed by atoms with E-state index >= 15 is 0 Å². The summed E-state index contributed by atoms with van der Waals surface area (Å²) in [6.45, 7) is 7.48. The zero-order valence-corrected chi connectivity index (χ0v) is 11.4. The van der Waals surface area contributed by atoms with Crippen LogP contribution in [-0.4, -0.2) is 23.6 Å². The van der Waals surface area contributed by atoms with Crippen molar-refractivity contribution in [3.63, 3.8) is 0 Å². The van der Waals surface area contributed by atoms with Crippen LogP contribution in [0.1, 0.15) is 52.9 Å². The minimum Gasteiger partial charge on any atom is -0.409 e. The first kappa shape index (κ1) is 14.3. The molecule has 1 saturated carbocycles. The largest absolute Gasteiger partial charge is 0.409 e. The number of nitrogens with zero attached hydrogens (tertiary/aromatic N) is 1. The summed E-state index contributed by atoms with van der Waals surface area (Å²) in [5.41, 5.74) is 6.01. The first-order valence-corrected chi connectivity index (χ1v) is 6.70. The summed E-state index contributed by atoms with van der Waals surface area (Å²) in [4.78, 5) is 0. The molecule has 1 fully saturated rings. The van der Waals surface area contributed by atoms with Gasteiger partial charge in [0, 0.05) is 6.54 Å². The molecular weight excluding hydrogens is 214 g/mol. The van der Waals surface area contributed by atoms with E-state index in [2.05, 4.69) is 24.3 Å². The summed E-state index contributed by atoms with van der Waals surface area (Å²) < 4.78 is 0. The first-order chi connectivity index (χ1) is 7.99. The highest BCUT2D eigenvalue weighted by Crippen LogP contribution is 2.42. The van der Waals surface area contributed by atoms with Crippen molar-refractivity contribution in [1.29, 1.82) is 0 Å². The Morgan fingerprint density at radius 3 is 2.41 bits per heavy atom. The van der Waals surface area contributed by atoms with Gasteiger partial charge in [-0.05, 0) is 37.5 Å². The standard InChI is InChI=1S/C13H27N3O/c1-10(2)8-13(6-4-5-7-13)9-15-11(3)12(14)16-17/h10-11,15,17H,4-9H2,1-3H3,(H2,14,16). The van der Waals surface area contributed by atoms with Crippen LogP contribution in [0.3, 0.4) is 0 Å². The summed E-state index contributed by atoms with van der Waals surface area (Å²) in [7, 11) is 0. The minimum absolute atomic E-state index is 0.0513. The molecule has 0 amide bonds. The van der Waals surface area contributed by atoms with Crippen LogP contribution >= 0.6 is 0 Å². The van der Waals surface area contributed by atoms with Crippen LogP contribution < -0.4 is 11.1 Å². The van der Waals surface area contributed by atoms with Crippen molar-refractivity contribution in [3.05, 3.63) is 0 Å². The van der Waals surface area contributed by atoms with Crippen LogP contribution in [0, 0.1) is 11.3 Å². The Labute approximate surface area is 105 Å². The van der Waals surface area contributed by atoms with E-state index in [0.29, 0.717) is 5.41 Å². The van der Waals surface area contributed by atoms with E-state index in [1.54, 1.807) is 0 Å². The summed E-state index contributed by atoms with van der Waals surface area (Å²) in [5.74, 6) is 0.997. The van der Waals surface area contributed by atoms with Crippen molar-refractivity contribution >= 4 is 5.84 Å². The van der Waals surface area contributed by atoms with Crippen LogP contribution in [0.25, 0.3) is 0 Å². The average Bonchev–Trinajstić information content (AvgIpc) is 2.73. The molecule has 4 N–H and O–H groups in total. The quantitative estimate of drug-likeness (QED) is 0.289. The van der Waals surface area contributed by atoms with E-state index in [-0.39, 0.29) is 11.9 Å². The van der Waals surface area contributed by atoms with Gasteiger partial charge in [0.15, 0.2) is 5.84 Å². The molecule has 4 heteroatoms. The Morgan fingerprint density at radius 1 is 1.35 bits per heavy atom. The van der Waals surface area contributed by atoms with Gasteiger partial charge in [-0.15, -0.1) is 0 Å². The van der Waals surface area contributed by atoms with Gasteiger partial charge < -0.3 is 16.3 Å². The molecule has 0 bridgehead atoms. The molecule has 1 rings (SSSR count). The summed E-state index contributed by atoms with van der Waals surface area (Å²) in [6, 6.07) is -0.0513. The third-order valence-corrected chi connectivity index (χ3v) is 3.85. The lowest BCUT2D eigenvalue weighted by molar-refractivity contribution is 0.221. The van der Waals surface area contributed by atoms with Gasteiger partial charge in [0.05, 0.1) is 6.04 Å². The zero-order valence-electron chi connectivity index (χ0n) is 11.4. The second kappa shape index (κ2) is 6.24. The lowest BCUT2D eigenvalue weighted by atomic mass is 9.78. The predicted molar refractivity (Wildman–Crippen MR) is 71.2 cm³/mol. The molecule has 1 atom stereocenters. The second-order valence-electron chi connectivity index (χ2n) is 5.93. The van der Waals surface area contributed by atoms with Gasteiger partial charge in [0.1, 0.15) is 0 Å². The molecule has 0 spiro atoms. The van der Waals surface area contributed by atoms with E-state index in [1.165, 1.54) is 32.1 Å².